The van der Waals surface area contributed by atoms with Gasteiger partial charge in [-0.25, -0.2) is 0 Å². The Hall–Kier alpha value is -1.75. The quantitative estimate of drug-likeness (QED) is 0.689. The highest BCUT2D eigenvalue weighted by Gasteiger charge is 2.41. The Morgan fingerprint density at radius 2 is 1.93 bits per heavy atom. The molecule has 0 radical (unpaired) electrons. The number of nitrogens with one attached hydrogen (secondary N) is 1. The molecule has 1 amide bonds. The molecule has 0 heterocycles. The molecule has 3 N–H and O–H groups in total. The summed E-state index contributed by atoms with van der Waals surface area (Å²) in [6, 6.07) is 15.2. The Morgan fingerprint density at radius 1 is 1.22 bits per heavy atom. The van der Waals surface area contributed by atoms with Crippen LogP contribution in [-0.4, -0.2) is 18.0 Å². The molecule has 1 aliphatic rings. The lowest BCUT2D eigenvalue weighted by atomic mass is 9.95. The molecule has 1 fully saturated rings. The maximum atomic E-state index is 12.4. The van der Waals surface area contributed by atoms with Crippen LogP contribution in [0.1, 0.15) is 30.9 Å². The van der Waals surface area contributed by atoms with Crippen LogP contribution in [0.15, 0.2) is 48.5 Å². The summed E-state index contributed by atoms with van der Waals surface area (Å²) in [7, 11) is 0. The van der Waals surface area contributed by atoms with Crippen LogP contribution < -0.4 is 15.8 Å². The Morgan fingerprint density at radius 3 is 2.56 bits per heavy atom. The van der Waals surface area contributed by atoms with Crippen molar-refractivity contribution in [2.45, 2.75) is 38.3 Å². The van der Waals surface area contributed by atoms with Crippen molar-refractivity contribution >= 4 is 29.9 Å². The van der Waals surface area contributed by atoms with Gasteiger partial charge in [-0.15, -0.1) is 12.4 Å². The van der Waals surface area contributed by atoms with E-state index in [1.54, 1.807) is 0 Å². The summed E-state index contributed by atoms with van der Waals surface area (Å²) in [4.78, 5) is 12.4. The number of ether oxygens (including phenoxy) is 1. The summed E-state index contributed by atoms with van der Waals surface area (Å²) in [5, 5.41) is 3.82. The van der Waals surface area contributed by atoms with Gasteiger partial charge in [0, 0.05) is 11.6 Å². The molecule has 0 aliphatic heterocycles. The first-order chi connectivity index (χ1) is 12.5. The zero-order valence-electron chi connectivity index (χ0n) is 15.4. The lowest BCUT2D eigenvalue weighted by Gasteiger charge is -2.29. The van der Waals surface area contributed by atoms with E-state index in [0.29, 0.717) is 30.5 Å². The Bertz CT molecular complexity index is 763. The second-order valence-corrected chi connectivity index (χ2v) is 7.62. The number of halogens is 2. The predicted octanol–water partition coefficient (Wildman–Crippen LogP) is 4.13. The lowest BCUT2D eigenvalue weighted by Crippen LogP contribution is -2.53. The standard InChI is InChI=1S/C21H25ClN2O2.ClH/c1-21(14-23,17-7-8-17)24-20(25)12-16-3-2-4-19(11-16)26-13-15-5-9-18(22)10-6-15;/h2-6,9-11,17H,7-8,12-14,23H2,1H3,(H,24,25);1H. The molecule has 3 rings (SSSR count). The number of benzene rings is 2. The van der Waals surface area contributed by atoms with E-state index < -0.39 is 0 Å². The molecule has 0 bridgehead atoms. The van der Waals surface area contributed by atoms with Gasteiger partial charge < -0.3 is 15.8 Å². The SMILES string of the molecule is CC(CN)(NC(=O)Cc1cccc(OCc2ccc(Cl)cc2)c1)C1CC1.Cl. The van der Waals surface area contributed by atoms with Crippen molar-refractivity contribution in [2.75, 3.05) is 6.54 Å². The van der Waals surface area contributed by atoms with Crippen molar-refractivity contribution in [1.82, 2.24) is 5.32 Å². The molecular weight excluding hydrogens is 383 g/mol. The molecule has 0 saturated heterocycles. The van der Waals surface area contributed by atoms with Gasteiger partial charge in [0.15, 0.2) is 0 Å². The third kappa shape index (κ3) is 6.13. The minimum absolute atomic E-state index is 0. The number of hydrogen-bond acceptors (Lipinski definition) is 3. The average Bonchev–Trinajstić information content (AvgIpc) is 3.47. The van der Waals surface area contributed by atoms with Gasteiger partial charge in [0.05, 0.1) is 12.0 Å². The maximum Gasteiger partial charge on any atom is 0.224 e. The minimum Gasteiger partial charge on any atom is -0.489 e. The molecule has 27 heavy (non-hydrogen) atoms. The van der Waals surface area contributed by atoms with Gasteiger partial charge in [-0.3, -0.25) is 4.79 Å². The first-order valence-electron chi connectivity index (χ1n) is 8.96. The number of carbonyl (C=O) groups is 1. The monoisotopic (exact) mass is 408 g/mol. The van der Waals surface area contributed by atoms with E-state index in [1.807, 2.05) is 55.5 Å². The van der Waals surface area contributed by atoms with E-state index in [1.165, 1.54) is 0 Å². The molecule has 1 atom stereocenters. The average molecular weight is 409 g/mol. The van der Waals surface area contributed by atoms with E-state index >= 15 is 0 Å². The van der Waals surface area contributed by atoms with Gasteiger partial charge in [-0.2, -0.15) is 0 Å². The summed E-state index contributed by atoms with van der Waals surface area (Å²) in [6.07, 6.45) is 2.60. The van der Waals surface area contributed by atoms with E-state index in [2.05, 4.69) is 5.32 Å². The Kier molecular flexibility index (Phi) is 7.54. The number of nitrogens with two attached hydrogens (primary N) is 1. The summed E-state index contributed by atoms with van der Waals surface area (Å²) in [5.74, 6) is 1.25. The van der Waals surface area contributed by atoms with Crippen molar-refractivity contribution in [3.05, 3.63) is 64.7 Å². The van der Waals surface area contributed by atoms with Crippen LogP contribution in [0, 0.1) is 5.92 Å². The van der Waals surface area contributed by atoms with Crippen molar-refractivity contribution in [3.63, 3.8) is 0 Å². The third-order valence-electron chi connectivity index (χ3n) is 4.91. The molecule has 1 saturated carbocycles. The van der Waals surface area contributed by atoms with Crippen molar-refractivity contribution < 1.29 is 9.53 Å². The largest absolute Gasteiger partial charge is 0.489 e. The second-order valence-electron chi connectivity index (χ2n) is 7.18. The van der Waals surface area contributed by atoms with E-state index in [0.717, 1.165) is 29.7 Å². The topological polar surface area (TPSA) is 64.3 Å². The summed E-state index contributed by atoms with van der Waals surface area (Å²) in [6.45, 7) is 2.96. The van der Waals surface area contributed by atoms with Crippen molar-refractivity contribution in [1.29, 1.82) is 0 Å². The molecule has 6 heteroatoms. The van der Waals surface area contributed by atoms with Gasteiger partial charge in [0.1, 0.15) is 12.4 Å². The molecule has 1 unspecified atom stereocenters. The lowest BCUT2D eigenvalue weighted by molar-refractivity contribution is -0.122. The Labute approximate surface area is 171 Å². The zero-order valence-corrected chi connectivity index (χ0v) is 17.0. The van der Waals surface area contributed by atoms with Crippen LogP contribution in [0.25, 0.3) is 0 Å². The predicted molar refractivity (Wildman–Crippen MR) is 112 cm³/mol. The summed E-state index contributed by atoms with van der Waals surface area (Å²) in [5.41, 5.74) is 7.55. The van der Waals surface area contributed by atoms with Crippen LogP contribution in [0.5, 0.6) is 5.75 Å². The highest BCUT2D eigenvalue weighted by molar-refractivity contribution is 6.30. The minimum atomic E-state index is -0.292. The van der Waals surface area contributed by atoms with Crippen LogP contribution >= 0.6 is 24.0 Å². The normalized spacial score (nSPS) is 15.4. The second kappa shape index (κ2) is 9.45. The van der Waals surface area contributed by atoms with Crippen molar-refractivity contribution in [3.8, 4) is 5.75 Å². The molecule has 2 aromatic carbocycles. The van der Waals surface area contributed by atoms with Crippen LogP contribution in [0.3, 0.4) is 0 Å². The molecule has 2 aromatic rings. The smallest absolute Gasteiger partial charge is 0.224 e. The van der Waals surface area contributed by atoms with E-state index in [9.17, 15) is 4.79 Å². The first-order valence-corrected chi connectivity index (χ1v) is 9.33. The van der Waals surface area contributed by atoms with Gasteiger partial charge in [0.25, 0.3) is 0 Å². The highest BCUT2D eigenvalue weighted by atomic mass is 35.5. The van der Waals surface area contributed by atoms with Gasteiger partial charge >= 0.3 is 0 Å². The zero-order chi connectivity index (χ0) is 18.6. The first kappa shape index (κ1) is 21.5. The molecule has 1 aliphatic carbocycles. The molecular formula is C21H26Cl2N2O2. The van der Waals surface area contributed by atoms with Gasteiger partial charge in [0.2, 0.25) is 5.91 Å². The van der Waals surface area contributed by atoms with Crippen LogP contribution in [0.2, 0.25) is 5.02 Å². The van der Waals surface area contributed by atoms with E-state index in [4.69, 9.17) is 22.1 Å². The van der Waals surface area contributed by atoms with Gasteiger partial charge in [-0.05, 0) is 61.1 Å². The molecule has 0 spiro atoms. The van der Waals surface area contributed by atoms with Gasteiger partial charge in [-0.1, -0.05) is 35.9 Å². The summed E-state index contributed by atoms with van der Waals surface area (Å²) >= 11 is 5.89. The number of hydrogen-bond donors (Lipinski definition) is 2. The number of rotatable bonds is 8. The Balaban J connectivity index is 0.00000261. The number of carbonyl (C=O) groups excluding carboxylic acids is 1. The van der Waals surface area contributed by atoms with Crippen LogP contribution in [-0.2, 0) is 17.8 Å². The van der Waals surface area contributed by atoms with E-state index in [-0.39, 0.29) is 23.9 Å². The number of amides is 1. The fraction of sp³-hybridized carbons (Fsp3) is 0.381. The molecule has 4 nitrogen and oxygen atoms in total. The van der Waals surface area contributed by atoms with Crippen molar-refractivity contribution in [2.24, 2.45) is 11.7 Å². The summed E-state index contributed by atoms with van der Waals surface area (Å²) < 4.78 is 5.83. The van der Waals surface area contributed by atoms with Crippen LogP contribution in [0.4, 0.5) is 0 Å². The molecule has 0 aromatic heterocycles. The molecule has 146 valence electrons. The third-order valence-corrected chi connectivity index (χ3v) is 5.16. The highest BCUT2D eigenvalue weighted by Crippen LogP contribution is 2.39. The fourth-order valence-electron chi connectivity index (χ4n) is 3.08. The fourth-order valence-corrected chi connectivity index (χ4v) is 3.21. The maximum absolute atomic E-state index is 12.4.